The maximum Gasteiger partial charge on any atom is 0.254 e. The van der Waals surface area contributed by atoms with E-state index in [1.165, 1.54) is 0 Å². The minimum atomic E-state index is -0.145. The van der Waals surface area contributed by atoms with Gasteiger partial charge in [0, 0.05) is 43.2 Å². The third-order valence-corrected chi connectivity index (χ3v) is 3.49. The number of H-pyrrole nitrogens is 1. The SMILES string of the molecule is CC(C)n1cc(C(=O)NCCc2nc(-c3cccnc3)n[nH]2)cn1. The highest BCUT2D eigenvalue weighted by Gasteiger charge is 2.10. The Morgan fingerprint density at radius 1 is 1.38 bits per heavy atom. The second-order valence-electron chi connectivity index (χ2n) is 5.66. The van der Waals surface area contributed by atoms with Crippen LogP contribution in [0, 0.1) is 0 Å². The normalized spacial score (nSPS) is 11.0. The topological polar surface area (TPSA) is 101 Å². The highest BCUT2D eigenvalue weighted by molar-refractivity contribution is 5.93. The number of hydrogen-bond acceptors (Lipinski definition) is 5. The fourth-order valence-electron chi connectivity index (χ4n) is 2.17. The van der Waals surface area contributed by atoms with Crippen LogP contribution >= 0.6 is 0 Å². The van der Waals surface area contributed by atoms with Gasteiger partial charge in [0.2, 0.25) is 0 Å². The van der Waals surface area contributed by atoms with Gasteiger partial charge in [-0.2, -0.15) is 10.2 Å². The second kappa shape index (κ2) is 7.03. The molecule has 0 aliphatic rings. The van der Waals surface area contributed by atoms with Crippen LogP contribution in [0.4, 0.5) is 0 Å². The van der Waals surface area contributed by atoms with E-state index >= 15 is 0 Å². The molecule has 2 N–H and O–H groups in total. The molecule has 0 spiro atoms. The number of nitrogens with one attached hydrogen (secondary N) is 2. The van der Waals surface area contributed by atoms with Crippen molar-refractivity contribution in [3.8, 4) is 11.4 Å². The van der Waals surface area contributed by atoms with Gasteiger partial charge in [-0.05, 0) is 26.0 Å². The summed E-state index contributed by atoms with van der Waals surface area (Å²) in [5.74, 6) is 1.17. The molecule has 24 heavy (non-hydrogen) atoms. The lowest BCUT2D eigenvalue weighted by Gasteiger charge is -2.03. The van der Waals surface area contributed by atoms with Crippen molar-refractivity contribution in [2.45, 2.75) is 26.3 Å². The summed E-state index contributed by atoms with van der Waals surface area (Å²) in [6, 6.07) is 3.96. The summed E-state index contributed by atoms with van der Waals surface area (Å²) in [6.07, 6.45) is 7.30. The van der Waals surface area contributed by atoms with E-state index in [4.69, 9.17) is 0 Å². The number of pyridine rings is 1. The van der Waals surface area contributed by atoms with Crippen molar-refractivity contribution in [2.24, 2.45) is 0 Å². The van der Waals surface area contributed by atoms with E-state index in [1.807, 2.05) is 26.0 Å². The molecule has 3 aromatic rings. The Morgan fingerprint density at radius 3 is 2.96 bits per heavy atom. The highest BCUT2D eigenvalue weighted by Crippen LogP contribution is 2.12. The summed E-state index contributed by atoms with van der Waals surface area (Å²) >= 11 is 0. The van der Waals surface area contributed by atoms with Gasteiger partial charge in [0.05, 0.1) is 11.8 Å². The van der Waals surface area contributed by atoms with Crippen molar-refractivity contribution in [1.29, 1.82) is 0 Å². The maximum atomic E-state index is 12.1. The Labute approximate surface area is 139 Å². The van der Waals surface area contributed by atoms with Gasteiger partial charge in [-0.15, -0.1) is 0 Å². The van der Waals surface area contributed by atoms with Crippen LogP contribution in [-0.2, 0) is 6.42 Å². The molecule has 0 saturated heterocycles. The molecule has 0 unspecified atom stereocenters. The van der Waals surface area contributed by atoms with E-state index in [9.17, 15) is 4.79 Å². The van der Waals surface area contributed by atoms with Crippen LogP contribution < -0.4 is 5.32 Å². The second-order valence-corrected chi connectivity index (χ2v) is 5.66. The molecule has 8 heteroatoms. The lowest BCUT2D eigenvalue weighted by Crippen LogP contribution is -2.25. The Morgan fingerprint density at radius 2 is 2.25 bits per heavy atom. The molecule has 0 saturated carbocycles. The van der Waals surface area contributed by atoms with E-state index in [1.54, 1.807) is 29.5 Å². The average molecular weight is 325 g/mol. The molecule has 0 radical (unpaired) electrons. The first-order valence-electron chi connectivity index (χ1n) is 7.77. The quantitative estimate of drug-likeness (QED) is 0.717. The van der Waals surface area contributed by atoms with Crippen LogP contribution in [0.1, 0.15) is 36.1 Å². The molecule has 124 valence electrons. The fourth-order valence-corrected chi connectivity index (χ4v) is 2.17. The number of amides is 1. The van der Waals surface area contributed by atoms with E-state index in [0.29, 0.717) is 30.2 Å². The third-order valence-electron chi connectivity index (χ3n) is 3.49. The monoisotopic (exact) mass is 325 g/mol. The molecule has 1 amide bonds. The predicted molar refractivity (Wildman–Crippen MR) is 88.3 cm³/mol. The fraction of sp³-hybridized carbons (Fsp3) is 0.312. The van der Waals surface area contributed by atoms with Crippen LogP contribution in [0.3, 0.4) is 0 Å². The molecule has 3 heterocycles. The first kappa shape index (κ1) is 15.9. The smallest absolute Gasteiger partial charge is 0.254 e. The maximum absolute atomic E-state index is 12.1. The minimum absolute atomic E-state index is 0.145. The highest BCUT2D eigenvalue weighted by atomic mass is 16.1. The van der Waals surface area contributed by atoms with Crippen LogP contribution in [-0.4, -0.2) is 42.4 Å². The minimum Gasteiger partial charge on any atom is -0.351 e. The Hall–Kier alpha value is -3.03. The van der Waals surface area contributed by atoms with Gasteiger partial charge in [-0.25, -0.2) is 4.98 Å². The zero-order valence-electron chi connectivity index (χ0n) is 13.6. The molecule has 0 aliphatic carbocycles. The summed E-state index contributed by atoms with van der Waals surface area (Å²) < 4.78 is 1.76. The summed E-state index contributed by atoms with van der Waals surface area (Å²) in [5, 5.41) is 14.1. The summed E-state index contributed by atoms with van der Waals surface area (Å²) in [6.45, 7) is 4.49. The molecule has 0 aromatic carbocycles. The van der Waals surface area contributed by atoms with Crippen LogP contribution in [0.5, 0.6) is 0 Å². The van der Waals surface area contributed by atoms with Gasteiger partial charge in [-0.3, -0.25) is 19.6 Å². The Balaban J connectivity index is 1.53. The largest absolute Gasteiger partial charge is 0.351 e. The zero-order valence-corrected chi connectivity index (χ0v) is 13.6. The molecular formula is C16H19N7O. The number of aromatic amines is 1. The van der Waals surface area contributed by atoms with Crippen molar-refractivity contribution >= 4 is 5.91 Å². The molecule has 8 nitrogen and oxygen atoms in total. The van der Waals surface area contributed by atoms with Crippen molar-refractivity contribution in [1.82, 2.24) is 35.3 Å². The number of aromatic nitrogens is 6. The van der Waals surface area contributed by atoms with E-state index in [-0.39, 0.29) is 11.9 Å². The Kier molecular flexibility index (Phi) is 4.64. The summed E-state index contributed by atoms with van der Waals surface area (Å²) in [4.78, 5) is 20.5. The average Bonchev–Trinajstić information content (AvgIpc) is 3.25. The van der Waals surface area contributed by atoms with Crippen molar-refractivity contribution in [2.75, 3.05) is 6.54 Å². The number of hydrogen-bond donors (Lipinski definition) is 2. The van der Waals surface area contributed by atoms with Crippen LogP contribution in [0.15, 0.2) is 36.9 Å². The molecule has 0 fully saturated rings. The zero-order chi connectivity index (χ0) is 16.9. The van der Waals surface area contributed by atoms with Crippen LogP contribution in [0.2, 0.25) is 0 Å². The van der Waals surface area contributed by atoms with Crippen molar-refractivity contribution < 1.29 is 4.79 Å². The molecule has 3 rings (SSSR count). The third kappa shape index (κ3) is 3.65. The molecule has 0 bridgehead atoms. The summed E-state index contributed by atoms with van der Waals surface area (Å²) in [5.41, 5.74) is 1.41. The number of rotatable bonds is 6. The van der Waals surface area contributed by atoms with Crippen molar-refractivity contribution in [3.63, 3.8) is 0 Å². The van der Waals surface area contributed by atoms with Gasteiger partial charge in [0.25, 0.3) is 5.91 Å². The first-order valence-corrected chi connectivity index (χ1v) is 7.77. The van der Waals surface area contributed by atoms with Gasteiger partial charge in [-0.1, -0.05) is 0 Å². The summed E-state index contributed by atoms with van der Waals surface area (Å²) in [7, 11) is 0. The predicted octanol–water partition coefficient (Wildman–Crippen LogP) is 1.62. The van der Waals surface area contributed by atoms with Crippen molar-refractivity contribution in [3.05, 3.63) is 48.3 Å². The van der Waals surface area contributed by atoms with Gasteiger partial charge < -0.3 is 5.32 Å². The van der Waals surface area contributed by atoms with E-state index < -0.39 is 0 Å². The molecular weight excluding hydrogens is 306 g/mol. The van der Waals surface area contributed by atoms with Gasteiger partial charge in [0.1, 0.15) is 5.82 Å². The number of carbonyl (C=O) groups is 1. The lowest BCUT2D eigenvalue weighted by molar-refractivity contribution is 0.0954. The molecule has 0 aliphatic heterocycles. The number of carbonyl (C=O) groups excluding carboxylic acids is 1. The molecule has 3 aromatic heterocycles. The van der Waals surface area contributed by atoms with Crippen LogP contribution in [0.25, 0.3) is 11.4 Å². The van der Waals surface area contributed by atoms with E-state index in [2.05, 4.69) is 30.6 Å². The first-order chi connectivity index (χ1) is 11.6. The lowest BCUT2D eigenvalue weighted by atomic mass is 10.3. The van der Waals surface area contributed by atoms with Gasteiger partial charge in [0.15, 0.2) is 5.82 Å². The van der Waals surface area contributed by atoms with E-state index in [0.717, 1.165) is 5.56 Å². The Bertz CT molecular complexity index is 807. The number of nitrogens with zero attached hydrogens (tertiary/aromatic N) is 5. The standard InChI is InChI=1S/C16H19N7O/c1-11(2)23-10-13(9-19-23)16(24)18-7-5-14-20-15(22-21-14)12-4-3-6-17-8-12/h3-4,6,8-11H,5,7H2,1-2H3,(H,18,24)(H,20,21,22). The molecule has 0 atom stereocenters. The van der Waals surface area contributed by atoms with Gasteiger partial charge >= 0.3 is 0 Å².